The van der Waals surface area contributed by atoms with Crippen LogP contribution in [0.25, 0.3) is 0 Å². The molecule has 176 valence electrons. The molecule has 0 amide bonds. The van der Waals surface area contributed by atoms with E-state index in [1.165, 1.54) is 0 Å². The van der Waals surface area contributed by atoms with E-state index in [0.29, 0.717) is 19.4 Å². The molecule has 1 unspecified atom stereocenters. The van der Waals surface area contributed by atoms with E-state index in [0.717, 1.165) is 26.7 Å². The van der Waals surface area contributed by atoms with Crippen LogP contribution >= 0.6 is 23.5 Å². The van der Waals surface area contributed by atoms with Gasteiger partial charge in [-0.25, -0.2) is 0 Å². The number of aliphatic hydroxyl groups is 2. The Morgan fingerprint density at radius 1 is 0.848 bits per heavy atom. The fourth-order valence-corrected chi connectivity index (χ4v) is 4.67. The predicted molar refractivity (Wildman–Crippen MR) is 139 cm³/mol. The molecule has 0 aromatic heterocycles. The van der Waals surface area contributed by atoms with Gasteiger partial charge in [-0.1, -0.05) is 42.5 Å². The minimum Gasteiger partial charge on any atom is -0.493 e. The Kier molecular flexibility index (Phi) is 9.71. The van der Waals surface area contributed by atoms with Crippen molar-refractivity contribution >= 4 is 23.5 Å². The number of hydrogen-bond donors (Lipinski definition) is 3. The van der Waals surface area contributed by atoms with Crippen LogP contribution in [0.5, 0.6) is 5.75 Å². The Morgan fingerprint density at radius 2 is 1.36 bits per heavy atom. The standard InChI is InChI=1S/C27H33NO3S2/c1-20(28-26(29)17-18-31-23-7-5-4-6-8-23)19-27(30,21-9-13-24(32-2)14-10-21)22-11-15-25(33-3)16-12-22/h4-16,20,26,28-30H,17-19H2,1-3H3/t20-,26?/m0/s1. The smallest absolute Gasteiger partial charge is 0.119 e. The Bertz CT molecular complexity index is 917. The zero-order chi connectivity index (χ0) is 23.7. The molecule has 0 bridgehead atoms. The van der Waals surface area contributed by atoms with E-state index in [1.54, 1.807) is 23.5 Å². The van der Waals surface area contributed by atoms with E-state index < -0.39 is 11.8 Å². The molecule has 3 aromatic rings. The molecule has 2 atom stereocenters. The maximum atomic E-state index is 11.9. The summed E-state index contributed by atoms with van der Waals surface area (Å²) >= 11 is 3.35. The van der Waals surface area contributed by atoms with Crippen molar-refractivity contribution in [2.75, 3.05) is 19.1 Å². The third kappa shape index (κ3) is 7.26. The topological polar surface area (TPSA) is 61.7 Å². The molecule has 0 spiro atoms. The molecule has 3 aromatic carbocycles. The molecule has 4 nitrogen and oxygen atoms in total. The fourth-order valence-electron chi connectivity index (χ4n) is 3.85. The Hall–Kier alpha value is -1.96. The number of nitrogens with one attached hydrogen (secondary N) is 1. The van der Waals surface area contributed by atoms with Crippen molar-refractivity contribution in [1.82, 2.24) is 5.32 Å². The molecule has 0 aliphatic heterocycles. The quantitative estimate of drug-likeness (QED) is 0.233. The largest absolute Gasteiger partial charge is 0.493 e. The zero-order valence-corrected chi connectivity index (χ0v) is 21.0. The average Bonchev–Trinajstić information content (AvgIpc) is 2.84. The van der Waals surface area contributed by atoms with Gasteiger partial charge < -0.3 is 14.9 Å². The summed E-state index contributed by atoms with van der Waals surface area (Å²) in [6, 6.07) is 25.5. The van der Waals surface area contributed by atoms with E-state index >= 15 is 0 Å². The van der Waals surface area contributed by atoms with Crippen LogP contribution in [0.4, 0.5) is 0 Å². The number of ether oxygens (including phenoxy) is 1. The molecule has 0 fully saturated rings. The second-order valence-corrected chi connectivity index (χ2v) is 9.81. The molecule has 0 radical (unpaired) electrons. The molecule has 0 aliphatic rings. The lowest BCUT2D eigenvalue weighted by Crippen LogP contribution is -2.42. The molecule has 0 heterocycles. The van der Waals surface area contributed by atoms with E-state index in [-0.39, 0.29) is 6.04 Å². The first-order valence-corrected chi connectivity index (χ1v) is 13.5. The van der Waals surface area contributed by atoms with Gasteiger partial charge >= 0.3 is 0 Å². The molecular weight excluding hydrogens is 450 g/mol. The predicted octanol–water partition coefficient (Wildman–Crippen LogP) is 5.52. The van der Waals surface area contributed by atoms with Crippen molar-refractivity contribution in [1.29, 1.82) is 0 Å². The van der Waals surface area contributed by atoms with Crippen LogP contribution in [0.15, 0.2) is 88.7 Å². The van der Waals surface area contributed by atoms with Gasteiger partial charge in [0.25, 0.3) is 0 Å². The fraction of sp³-hybridized carbons (Fsp3) is 0.333. The molecule has 3 N–H and O–H groups in total. The number of hydrogen-bond acceptors (Lipinski definition) is 6. The summed E-state index contributed by atoms with van der Waals surface area (Å²) in [7, 11) is 0. The first-order chi connectivity index (χ1) is 15.9. The third-order valence-electron chi connectivity index (χ3n) is 5.62. The molecule has 33 heavy (non-hydrogen) atoms. The molecule has 0 aliphatic carbocycles. The number of para-hydroxylation sites is 1. The van der Waals surface area contributed by atoms with E-state index in [9.17, 15) is 10.2 Å². The van der Waals surface area contributed by atoms with Crippen molar-refractivity contribution < 1.29 is 14.9 Å². The van der Waals surface area contributed by atoms with Gasteiger partial charge in [0, 0.05) is 22.3 Å². The van der Waals surface area contributed by atoms with Crippen LogP contribution in [0.1, 0.15) is 30.9 Å². The van der Waals surface area contributed by atoms with Crippen LogP contribution in [0.3, 0.4) is 0 Å². The van der Waals surface area contributed by atoms with Gasteiger partial charge in [-0.05, 0) is 73.4 Å². The van der Waals surface area contributed by atoms with E-state index in [1.807, 2.05) is 98.3 Å². The molecule has 6 heteroatoms. The van der Waals surface area contributed by atoms with Crippen LogP contribution < -0.4 is 10.1 Å². The zero-order valence-electron chi connectivity index (χ0n) is 19.4. The summed E-state index contributed by atoms with van der Waals surface area (Å²) < 4.78 is 5.69. The van der Waals surface area contributed by atoms with Crippen molar-refractivity contribution in [2.45, 2.75) is 47.4 Å². The summed E-state index contributed by atoms with van der Waals surface area (Å²) in [5.74, 6) is 0.787. The summed E-state index contributed by atoms with van der Waals surface area (Å²) in [6.07, 6.45) is 4.21. The maximum Gasteiger partial charge on any atom is 0.119 e. The second kappa shape index (κ2) is 12.5. The summed E-state index contributed by atoms with van der Waals surface area (Å²) in [4.78, 5) is 2.30. The van der Waals surface area contributed by atoms with Crippen LogP contribution in [-0.4, -0.2) is 41.6 Å². The Balaban J connectivity index is 1.69. The van der Waals surface area contributed by atoms with Crippen LogP contribution in [-0.2, 0) is 5.60 Å². The molecule has 0 saturated carbocycles. The van der Waals surface area contributed by atoms with Gasteiger partial charge in [0.1, 0.15) is 17.6 Å². The van der Waals surface area contributed by atoms with Gasteiger partial charge in [-0.2, -0.15) is 0 Å². The van der Waals surface area contributed by atoms with E-state index in [4.69, 9.17) is 4.74 Å². The van der Waals surface area contributed by atoms with Crippen LogP contribution in [0.2, 0.25) is 0 Å². The summed E-state index contributed by atoms with van der Waals surface area (Å²) in [6.45, 7) is 2.39. The van der Waals surface area contributed by atoms with Crippen molar-refractivity contribution in [2.24, 2.45) is 0 Å². The average molecular weight is 484 g/mol. The van der Waals surface area contributed by atoms with Crippen molar-refractivity contribution in [3.8, 4) is 5.75 Å². The highest BCUT2D eigenvalue weighted by Crippen LogP contribution is 2.36. The highest BCUT2D eigenvalue weighted by atomic mass is 32.2. The van der Waals surface area contributed by atoms with Gasteiger partial charge in [0.15, 0.2) is 0 Å². The second-order valence-electron chi connectivity index (χ2n) is 8.06. The SMILES string of the molecule is CSc1ccc(C(O)(C[C@H](C)NC(O)CCOc2ccccc2)c2ccc(SC)cc2)cc1. The van der Waals surface area contributed by atoms with Crippen molar-refractivity contribution in [3.63, 3.8) is 0 Å². The summed E-state index contributed by atoms with van der Waals surface area (Å²) in [5.41, 5.74) is 0.501. The highest BCUT2D eigenvalue weighted by Gasteiger charge is 2.34. The van der Waals surface area contributed by atoms with Crippen LogP contribution in [0, 0.1) is 0 Å². The van der Waals surface area contributed by atoms with Gasteiger partial charge in [-0.15, -0.1) is 23.5 Å². The minimum absolute atomic E-state index is 0.137. The molecule has 3 rings (SSSR count). The first kappa shape index (κ1) is 25.7. The Morgan fingerprint density at radius 3 is 1.85 bits per heavy atom. The number of thioether (sulfide) groups is 2. The molecule has 0 saturated heterocycles. The van der Waals surface area contributed by atoms with Gasteiger partial charge in [0.05, 0.1) is 6.61 Å². The number of aliphatic hydroxyl groups excluding tert-OH is 1. The number of rotatable bonds is 12. The number of benzene rings is 3. The summed E-state index contributed by atoms with van der Waals surface area (Å²) in [5, 5.41) is 25.6. The first-order valence-electron chi connectivity index (χ1n) is 11.1. The lowest BCUT2D eigenvalue weighted by molar-refractivity contribution is 0.0419. The lowest BCUT2D eigenvalue weighted by Gasteiger charge is -2.33. The third-order valence-corrected chi connectivity index (χ3v) is 7.10. The minimum atomic E-state index is -1.18. The van der Waals surface area contributed by atoms with Crippen molar-refractivity contribution in [3.05, 3.63) is 90.0 Å². The monoisotopic (exact) mass is 483 g/mol. The Labute approximate surface area is 205 Å². The van der Waals surface area contributed by atoms with E-state index in [2.05, 4.69) is 5.32 Å². The normalized spacial score (nSPS) is 13.5. The molecular formula is C27H33NO3S2. The lowest BCUT2D eigenvalue weighted by atomic mass is 9.81. The van der Waals surface area contributed by atoms with Gasteiger partial charge in [0.2, 0.25) is 0 Å². The highest BCUT2D eigenvalue weighted by molar-refractivity contribution is 7.98. The van der Waals surface area contributed by atoms with Gasteiger partial charge in [-0.3, -0.25) is 5.32 Å². The maximum absolute atomic E-state index is 11.9.